The van der Waals surface area contributed by atoms with Crippen molar-refractivity contribution in [3.05, 3.63) is 62.9 Å². The third-order valence-electron chi connectivity index (χ3n) is 3.26. The Kier molecular flexibility index (Phi) is 4.71. The molecule has 0 aromatic heterocycles. The molecule has 1 aliphatic rings. The second-order valence-electron chi connectivity index (χ2n) is 4.86. The van der Waals surface area contributed by atoms with Gasteiger partial charge in [0, 0.05) is 21.2 Å². The molecule has 7 heteroatoms. The maximum absolute atomic E-state index is 13.7. The van der Waals surface area contributed by atoms with Crippen molar-refractivity contribution in [1.82, 2.24) is 0 Å². The van der Waals surface area contributed by atoms with Gasteiger partial charge in [-0.15, -0.1) is 0 Å². The van der Waals surface area contributed by atoms with Crippen molar-refractivity contribution in [2.75, 3.05) is 6.79 Å². The summed E-state index contributed by atoms with van der Waals surface area (Å²) in [4.78, 5) is 12.0. The van der Waals surface area contributed by atoms with Gasteiger partial charge in [-0.1, -0.05) is 23.2 Å². The molecule has 0 spiro atoms. The predicted octanol–water partition coefficient (Wildman–Crippen LogP) is 4.36. The lowest BCUT2D eigenvalue weighted by atomic mass is 10.1. The maximum Gasteiger partial charge on any atom is 0.341 e. The molecule has 1 aliphatic heterocycles. The molecular weight excluding hydrogens is 346 g/mol. The summed E-state index contributed by atoms with van der Waals surface area (Å²) in [6.45, 7) is 0.367. The van der Waals surface area contributed by atoms with E-state index < -0.39 is 11.8 Å². The Balaban J connectivity index is 1.79. The number of rotatable bonds is 3. The lowest BCUT2D eigenvalue weighted by molar-refractivity contribution is -0.0180. The van der Waals surface area contributed by atoms with Gasteiger partial charge in [0.05, 0.1) is 12.2 Å². The van der Waals surface area contributed by atoms with Crippen LogP contribution in [0.25, 0.3) is 0 Å². The van der Waals surface area contributed by atoms with Crippen LogP contribution in [0.3, 0.4) is 0 Å². The SMILES string of the molecule is O=C(OCc1cc(Cl)cc2c1OCOC2)c1cc(Cl)ccc1F. The van der Waals surface area contributed by atoms with Gasteiger partial charge in [0.25, 0.3) is 0 Å². The molecule has 0 saturated carbocycles. The number of benzene rings is 2. The summed E-state index contributed by atoms with van der Waals surface area (Å²) >= 11 is 11.8. The molecule has 0 radical (unpaired) electrons. The number of esters is 1. The third kappa shape index (κ3) is 3.58. The van der Waals surface area contributed by atoms with Crippen molar-refractivity contribution >= 4 is 29.2 Å². The van der Waals surface area contributed by atoms with E-state index in [2.05, 4.69) is 0 Å². The minimum absolute atomic E-state index is 0.103. The molecule has 0 aliphatic carbocycles. The zero-order valence-electron chi connectivity index (χ0n) is 11.8. The zero-order chi connectivity index (χ0) is 16.4. The van der Waals surface area contributed by atoms with Crippen LogP contribution in [0.15, 0.2) is 30.3 Å². The lowest BCUT2D eigenvalue weighted by Gasteiger charge is -2.21. The van der Waals surface area contributed by atoms with E-state index in [1.165, 1.54) is 12.1 Å². The van der Waals surface area contributed by atoms with Gasteiger partial charge in [-0.2, -0.15) is 0 Å². The quantitative estimate of drug-likeness (QED) is 0.766. The van der Waals surface area contributed by atoms with Gasteiger partial charge in [-0.25, -0.2) is 9.18 Å². The second-order valence-corrected chi connectivity index (χ2v) is 5.74. The molecular formula is C16H11Cl2FO4. The van der Waals surface area contributed by atoms with Gasteiger partial charge in [-0.3, -0.25) is 0 Å². The molecule has 0 fully saturated rings. The van der Waals surface area contributed by atoms with E-state index in [1.807, 2.05) is 0 Å². The fourth-order valence-electron chi connectivity index (χ4n) is 2.24. The van der Waals surface area contributed by atoms with Gasteiger partial charge in [0.15, 0.2) is 6.79 Å². The second kappa shape index (κ2) is 6.74. The average molecular weight is 357 g/mol. The summed E-state index contributed by atoms with van der Waals surface area (Å²) in [7, 11) is 0. The smallest absolute Gasteiger partial charge is 0.341 e. The van der Waals surface area contributed by atoms with Crippen molar-refractivity contribution in [3.8, 4) is 5.75 Å². The Bertz CT molecular complexity index is 764. The Labute approximate surface area is 141 Å². The Morgan fingerprint density at radius 2 is 2.04 bits per heavy atom. The number of carbonyl (C=O) groups is 1. The first kappa shape index (κ1) is 16.1. The van der Waals surface area contributed by atoms with Gasteiger partial charge in [-0.05, 0) is 30.3 Å². The summed E-state index contributed by atoms with van der Waals surface area (Å²) in [5.74, 6) is -0.942. The molecule has 2 aromatic rings. The summed E-state index contributed by atoms with van der Waals surface area (Å²) in [6, 6.07) is 7.04. The Hall–Kier alpha value is -1.82. The topological polar surface area (TPSA) is 44.8 Å². The van der Waals surface area contributed by atoms with Crippen LogP contribution >= 0.6 is 23.2 Å². The van der Waals surface area contributed by atoms with E-state index in [0.29, 0.717) is 22.9 Å². The molecule has 3 rings (SSSR count). The van der Waals surface area contributed by atoms with Crippen LogP contribution in [0.2, 0.25) is 10.0 Å². The molecule has 0 atom stereocenters. The number of hydrogen-bond donors (Lipinski definition) is 0. The number of ether oxygens (including phenoxy) is 3. The normalized spacial score (nSPS) is 13.2. The molecule has 0 amide bonds. The molecule has 0 bridgehead atoms. The highest BCUT2D eigenvalue weighted by atomic mass is 35.5. The van der Waals surface area contributed by atoms with Gasteiger partial charge < -0.3 is 14.2 Å². The van der Waals surface area contributed by atoms with Crippen molar-refractivity contribution in [3.63, 3.8) is 0 Å². The molecule has 1 heterocycles. The highest BCUT2D eigenvalue weighted by molar-refractivity contribution is 6.31. The number of carbonyl (C=O) groups excluding carboxylic acids is 1. The summed E-state index contributed by atoms with van der Waals surface area (Å²) in [5.41, 5.74) is 1.13. The average Bonchev–Trinajstić information content (AvgIpc) is 2.54. The molecule has 4 nitrogen and oxygen atoms in total. The van der Waals surface area contributed by atoms with Crippen molar-refractivity contribution in [1.29, 1.82) is 0 Å². The number of hydrogen-bond acceptors (Lipinski definition) is 4. The van der Waals surface area contributed by atoms with E-state index >= 15 is 0 Å². The summed E-state index contributed by atoms with van der Waals surface area (Å²) in [6.07, 6.45) is 0. The predicted molar refractivity (Wildman–Crippen MR) is 82.3 cm³/mol. The van der Waals surface area contributed by atoms with E-state index in [4.69, 9.17) is 37.4 Å². The van der Waals surface area contributed by atoms with Gasteiger partial charge in [0.1, 0.15) is 18.2 Å². The number of fused-ring (bicyclic) bond motifs is 1. The van der Waals surface area contributed by atoms with Crippen LogP contribution in [-0.2, 0) is 22.7 Å². The first-order chi connectivity index (χ1) is 11.0. The molecule has 23 heavy (non-hydrogen) atoms. The minimum Gasteiger partial charge on any atom is -0.467 e. The van der Waals surface area contributed by atoms with Crippen molar-refractivity contribution in [2.24, 2.45) is 0 Å². The van der Waals surface area contributed by atoms with Crippen LogP contribution in [-0.4, -0.2) is 12.8 Å². The highest BCUT2D eigenvalue weighted by Gasteiger charge is 2.19. The fourth-order valence-corrected chi connectivity index (χ4v) is 2.67. The monoisotopic (exact) mass is 356 g/mol. The molecule has 0 N–H and O–H groups in total. The lowest BCUT2D eigenvalue weighted by Crippen LogP contribution is -2.14. The third-order valence-corrected chi connectivity index (χ3v) is 3.71. The minimum atomic E-state index is -0.814. The summed E-state index contributed by atoms with van der Waals surface area (Å²) < 4.78 is 29.4. The zero-order valence-corrected chi connectivity index (χ0v) is 13.3. The molecule has 2 aromatic carbocycles. The molecule has 0 unspecified atom stereocenters. The Morgan fingerprint density at radius 1 is 1.22 bits per heavy atom. The fraction of sp³-hybridized carbons (Fsp3) is 0.188. The van der Waals surface area contributed by atoms with Crippen LogP contribution in [0.5, 0.6) is 5.75 Å². The first-order valence-corrected chi connectivity index (χ1v) is 7.44. The standard InChI is InChI=1S/C16H11Cl2FO4/c17-11-1-2-14(19)13(5-11)16(20)22-7-10-4-12(18)3-9-6-21-8-23-15(9)10/h1-5H,6-8H2. The van der Waals surface area contributed by atoms with E-state index in [9.17, 15) is 9.18 Å². The number of halogens is 3. The van der Waals surface area contributed by atoms with Crippen molar-refractivity contribution in [2.45, 2.75) is 13.2 Å². The first-order valence-electron chi connectivity index (χ1n) is 6.68. The maximum atomic E-state index is 13.7. The van der Waals surface area contributed by atoms with E-state index in [1.54, 1.807) is 12.1 Å². The molecule has 120 valence electrons. The van der Waals surface area contributed by atoms with Crippen LogP contribution in [0.4, 0.5) is 4.39 Å². The largest absolute Gasteiger partial charge is 0.467 e. The van der Waals surface area contributed by atoms with E-state index in [0.717, 1.165) is 11.6 Å². The Morgan fingerprint density at radius 3 is 2.87 bits per heavy atom. The van der Waals surface area contributed by atoms with Crippen LogP contribution in [0, 0.1) is 5.82 Å². The van der Waals surface area contributed by atoms with Gasteiger partial charge in [0.2, 0.25) is 0 Å². The van der Waals surface area contributed by atoms with Crippen LogP contribution in [0.1, 0.15) is 21.5 Å². The van der Waals surface area contributed by atoms with Crippen molar-refractivity contribution < 1.29 is 23.4 Å². The van der Waals surface area contributed by atoms with Gasteiger partial charge >= 0.3 is 5.97 Å². The van der Waals surface area contributed by atoms with E-state index in [-0.39, 0.29) is 24.0 Å². The summed E-state index contributed by atoms with van der Waals surface area (Å²) in [5, 5.41) is 0.719. The molecule has 0 saturated heterocycles. The highest BCUT2D eigenvalue weighted by Crippen LogP contribution is 2.32. The van der Waals surface area contributed by atoms with Crippen LogP contribution < -0.4 is 4.74 Å².